The van der Waals surface area contributed by atoms with Gasteiger partial charge in [-0.1, -0.05) is 11.8 Å². The maximum atomic E-state index is 11.9. The monoisotopic (exact) mass is 295 g/mol. The van der Waals surface area contributed by atoms with Crippen LogP contribution in [0.15, 0.2) is 18.2 Å². The number of rotatable bonds is 3. The Morgan fingerprint density at radius 1 is 1.40 bits per heavy atom. The van der Waals surface area contributed by atoms with E-state index in [0.29, 0.717) is 12.2 Å². The minimum atomic E-state index is -1.23. The Balaban J connectivity index is 2.20. The van der Waals surface area contributed by atoms with Gasteiger partial charge in [-0.05, 0) is 12.1 Å². The molecule has 7 heteroatoms. The molecule has 2 rings (SSSR count). The summed E-state index contributed by atoms with van der Waals surface area (Å²) in [5, 5.41) is 18.3. The molecule has 1 fully saturated rings. The van der Waals surface area contributed by atoms with Gasteiger partial charge in [-0.15, -0.1) is 0 Å². The van der Waals surface area contributed by atoms with E-state index in [1.807, 2.05) is 0 Å². The second kappa shape index (κ2) is 5.54. The molecule has 1 aliphatic rings. The molecule has 1 unspecified atom stereocenters. The number of aromatic hydroxyl groups is 1. The van der Waals surface area contributed by atoms with Crippen molar-refractivity contribution < 1.29 is 24.6 Å². The number of carbonyl (C=O) groups is 3. The number of carboxylic acid groups (broad SMARTS) is 1. The van der Waals surface area contributed by atoms with Crippen LogP contribution in [0, 0.1) is 0 Å². The van der Waals surface area contributed by atoms with Gasteiger partial charge in [0.25, 0.3) is 0 Å². The molecule has 1 aromatic carbocycles. The second-order valence-electron chi connectivity index (χ2n) is 4.45. The van der Waals surface area contributed by atoms with Crippen LogP contribution >= 0.6 is 11.8 Å². The summed E-state index contributed by atoms with van der Waals surface area (Å²) in [5.74, 6) is -1.76. The normalized spacial score (nSPS) is 18.4. The summed E-state index contributed by atoms with van der Waals surface area (Å²) < 4.78 is 0. The fourth-order valence-electron chi connectivity index (χ4n) is 2.11. The minimum absolute atomic E-state index is 0.0475. The third-order valence-corrected chi connectivity index (χ3v) is 3.93. The predicted octanol–water partition coefficient (Wildman–Crippen LogP) is 1.48. The summed E-state index contributed by atoms with van der Waals surface area (Å²) in [6.45, 7) is 1.82. The molecule has 1 heterocycles. The lowest BCUT2D eigenvalue weighted by molar-refractivity contribution is -0.117. The Kier molecular flexibility index (Phi) is 3.99. The van der Waals surface area contributed by atoms with Crippen LogP contribution in [0.5, 0.6) is 5.75 Å². The van der Waals surface area contributed by atoms with Gasteiger partial charge in [0.2, 0.25) is 5.91 Å². The summed E-state index contributed by atoms with van der Waals surface area (Å²) >= 11 is 1.12. The number of phenols is 1. The maximum Gasteiger partial charge on any atom is 0.339 e. The molecule has 0 spiro atoms. The topological polar surface area (TPSA) is 94.9 Å². The van der Waals surface area contributed by atoms with Gasteiger partial charge < -0.3 is 15.1 Å². The standard InChI is InChI=1S/C13H13NO5S/c1-7(15)20-9-5-12(17)14(6-9)8-2-3-10(13(18)19)11(16)4-8/h2-4,9,16H,5-6H2,1H3,(H,18,19). The average molecular weight is 295 g/mol. The van der Waals surface area contributed by atoms with E-state index in [0.717, 1.165) is 11.8 Å². The van der Waals surface area contributed by atoms with E-state index in [4.69, 9.17) is 5.11 Å². The number of hydrogen-bond acceptors (Lipinski definition) is 5. The zero-order valence-electron chi connectivity index (χ0n) is 10.7. The fourth-order valence-corrected chi connectivity index (χ4v) is 3.03. The van der Waals surface area contributed by atoms with E-state index >= 15 is 0 Å². The molecule has 1 saturated heterocycles. The Morgan fingerprint density at radius 2 is 2.10 bits per heavy atom. The highest BCUT2D eigenvalue weighted by molar-refractivity contribution is 8.14. The lowest BCUT2D eigenvalue weighted by atomic mass is 10.1. The summed E-state index contributed by atoms with van der Waals surface area (Å²) in [5.41, 5.74) is 0.221. The van der Waals surface area contributed by atoms with E-state index in [2.05, 4.69) is 0 Å². The van der Waals surface area contributed by atoms with Gasteiger partial charge in [-0.3, -0.25) is 9.59 Å². The van der Waals surface area contributed by atoms with Gasteiger partial charge in [-0.25, -0.2) is 4.79 Å². The quantitative estimate of drug-likeness (QED) is 0.877. The SMILES string of the molecule is CC(=O)SC1CC(=O)N(c2ccc(C(=O)O)c(O)c2)C1. The molecule has 1 aliphatic heterocycles. The van der Waals surface area contributed by atoms with Gasteiger partial charge in [0, 0.05) is 36.9 Å². The van der Waals surface area contributed by atoms with Crippen molar-refractivity contribution in [3.63, 3.8) is 0 Å². The van der Waals surface area contributed by atoms with E-state index in [9.17, 15) is 19.5 Å². The zero-order chi connectivity index (χ0) is 14.9. The first-order valence-corrected chi connectivity index (χ1v) is 6.80. The van der Waals surface area contributed by atoms with Crippen molar-refractivity contribution in [2.24, 2.45) is 0 Å². The van der Waals surface area contributed by atoms with Crippen molar-refractivity contribution in [3.05, 3.63) is 23.8 Å². The van der Waals surface area contributed by atoms with Crippen LogP contribution in [-0.4, -0.2) is 39.0 Å². The molecule has 0 radical (unpaired) electrons. The molecule has 0 aliphatic carbocycles. The molecule has 1 aromatic rings. The Labute approximate surface area is 119 Å². The van der Waals surface area contributed by atoms with Crippen LogP contribution in [0.1, 0.15) is 23.7 Å². The molecule has 6 nitrogen and oxygen atoms in total. The van der Waals surface area contributed by atoms with E-state index in [1.54, 1.807) is 0 Å². The molecule has 20 heavy (non-hydrogen) atoms. The number of nitrogens with zero attached hydrogens (tertiary/aromatic N) is 1. The summed E-state index contributed by atoms with van der Waals surface area (Å²) in [4.78, 5) is 35.2. The first kappa shape index (κ1) is 14.4. The van der Waals surface area contributed by atoms with Gasteiger partial charge in [0.15, 0.2) is 5.12 Å². The van der Waals surface area contributed by atoms with Crippen LogP contribution < -0.4 is 4.90 Å². The molecule has 106 valence electrons. The first-order valence-electron chi connectivity index (χ1n) is 5.92. The van der Waals surface area contributed by atoms with Crippen molar-refractivity contribution in [2.45, 2.75) is 18.6 Å². The highest BCUT2D eigenvalue weighted by Crippen LogP contribution is 2.31. The number of benzene rings is 1. The lowest BCUT2D eigenvalue weighted by Crippen LogP contribution is -2.25. The van der Waals surface area contributed by atoms with E-state index in [-0.39, 0.29) is 34.0 Å². The summed E-state index contributed by atoms with van der Waals surface area (Å²) in [7, 11) is 0. The molecule has 1 amide bonds. The van der Waals surface area contributed by atoms with Crippen molar-refractivity contribution >= 4 is 34.4 Å². The molecule has 2 N–H and O–H groups in total. The van der Waals surface area contributed by atoms with Crippen LogP contribution in [0.3, 0.4) is 0 Å². The van der Waals surface area contributed by atoms with Gasteiger partial charge in [0.05, 0.1) is 0 Å². The summed E-state index contributed by atoms with van der Waals surface area (Å²) in [6.07, 6.45) is 0.256. The third-order valence-electron chi connectivity index (χ3n) is 2.95. The largest absolute Gasteiger partial charge is 0.507 e. The Morgan fingerprint density at radius 3 is 2.65 bits per heavy atom. The van der Waals surface area contributed by atoms with Crippen molar-refractivity contribution in [2.75, 3.05) is 11.4 Å². The number of carbonyl (C=O) groups excluding carboxylic acids is 2. The Hall–Kier alpha value is -2.02. The molecule has 1 atom stereocenters. The van der Waals surface area contributed by atoms with E-state index < -0.39 is 5.97 Å². The molecule has 0 saturated carbocycles. The number of aromatic carboxylic acids is 1. The lowest BCUT2D eigenvalue weighted by Gasteiger charge is -2.17. The first-order chi connectivity index (χ1) is 9.38. The number of thioether (sulfide) groups is 1. The zero-order valence-corrected chi connectivity index (χ0v) is 11.5. The van der Waals surface area contributed by atoms with Gasteiger partial charge in [-0.2, -0.15) is 0 Å². The number of anilines is 1. The molecule has 0 aromatic heterocycles. The Bertz CT molecular complexity index is 586. The van der Waals surface area contributed by atoms with Crippen LogP contribution in [0.25, 0.3) is 0 Å². The van der Waals surface area contributed by atoms with Crippen LogP contribution in [0.4, 0.5) is 5.69 Å². The predicted molar refractivity (Wildman–Crippen MR) is 74.1 cm³/mol. The fraction of sp³-hybridized carbons (Fsp3) is 0.308. The minimum Gasteiger partial charge on any atom is -0.507 e. The smallest absolute Gasteiger partial charge is 0.339 e. The number of carboxylic acids is 1. The van der Waals surface area contributed by atoms with Crippen molar-refractivity contribution in [3.8, 4) is 5.75 Å². The van der Waals surface area contributed by atoms with Gasteiger partial charge in [0.1, 0.15) is 11.3 Å². The molecule has 0 bridgehead atoms. The highest BCUT2D eigenvalue weighted by atomic mass is 32.2. The van der Waals surface area contributed by atoms with Crippen LogP contribution in [0.2, 0.25) is 0 Å². The third kappa shape index (κ3) is 2.93. The maximum absolute atomic E-state index is 11.9. The highest BCUT2D eigenvalue weighted by Gasteiger charge is 2.32. The number of amides is 1. The van der Waals surface area contributed by atoms with Gasteiger partial charge >= 0.3 is 5.97 Å². The summed E-state index contributed by atoms with van der Waals surface area (Å²) in [6, 6.07) is 3.98. The van der Waals surface area contributed by atoms with Crippen molar-refractivity contribution in [1.82, 2.24) is 0 Å². The van der Waals surface area contributed by atoms with Crippen molar-refractivity contribution in [1.29, 1.82) is 0 Å². The number of hydrogen-bond donors (Lipinski definition) is 2. The molecular formula is C13H13NO5S. The van der Waals surface area contributed by atoms with Crippen LogP contribution in [-0.2, 0) is 9.59 Å². The molecular weight excluding hydrogens is 282 g/mol. The van der Waals surface area contributed by atoms with E-state index in [1.165, 1.54) is 30.0 Å². The second-order valence-corrected chi connectivity index (χ2v) is 5.92. The average Bonchev–Trinajstić information content (AvgIpc) is 2.68.